The van der Waals surface area contributed by atoms with E-state index < -0.39 is 0 Å². The first-order chi connectivity index (χ1) is 18.5. The SMILES string of the molecule is CSc1ccc(NC(=O)N2CCN(c3nc(-c4cccc(C)c4)nc(C)c3Cc3ccccc3)CC2)cc1. The average molecular weight is 524 g/mol. The molecule has 4 aromatic rings. The summed E-state index contributed by atoms with van der Waals surface area (Å²) < 4.78 is 0. The number of urea groups is 1. The number of aryl methyl sites for hydroxylation is 2. The first kappa shape index (κ1) is 25.8. The van der Waals surface area contributed by atoms with Gasteiger partial charge in [0.05, 0.1) is 0 Å². The quantitative estimate of drug-likeness (QED) is 0.295. The van der Waals surface area contributed by atoms with Gasteiger partial charge in [-0.05, 0) is 56.0 Å². The number of benzene rings is 3. The van der Waals surface area contributed by atoms with Crippen LogP contribution in [0.25, 0.3) is 11.4 Å². The number of thioether (sulfide) groups is 1. The van der Waals surface area contributed by atoms with Crippen LogP contribution in [0, 0.1) is 13.8 Å². The topological polar surface area (TPSA) is 61.4 Å². The van der Waals surface area contributed by atoms with Gasteiger partial charge >= 0.3 is 6.03 Å². The van der Waals surface area contributed by atoms with E-state index in [1.807, 2.05) is 47.6 Å². The highest BCUT2D eigenvalue weighted by Gasteiger charge is 2.25. The Kier molecular flexibility index (Phi) is 7.94. The van der Waals surface area contributed by atoms with Gasteiger partial charge < -0.3 is 15.1 Å². The first-order valence-electron chi connectivity index (χ1n) is 12.9. The Balaban J connectivity index is 1.37. The second-order valence-corrected chi connectivity index (χ2v) is 10.5. The fourth-order valence-electron chi connectivity index (χ4n) is 4.76. The fourth-order valence-corrected chi connectivity index (χ4v) is 5.17. The van der Waals surface area contributed by atoms with Crippen LogP contribution in [0.2, 0.25) is 0 Å². The van der Waals surface area contributed by atoms with E-state index in [0.717, 1.165) is 40.6 Å². The number of nitrogens with one attached hydrogen (secondary N) is 1. The van der Waals surface area contributed by atoms with Crippen LogP contribution in [0.1, 0.15) is 22.4 Å². The Morgan fingerprint density at radius 2 is 1.63 bits per heavy atom. The normalized spacial score (nSPS) is 13.4. The number of aromatic nitrogens is 2. The van der Waals surface area contributed by atoms with Gasteiger partial charge in [-0.3, -0.25) is 0 Å². The van der Waals surface area contributed by atoms with Gasteiger partial charge in [-0.25, -0.2) is 14.8 Å². The van der Waals surface area contributed by atoms with Crippen LogP contribution in [0.5, 0.6) is 0 Å². The lowest BCUT2D eigenvalue weighted by molar-refractivity contribution is 0.208. The van der Waals surface area contributed by atoms with Crippen LogP contribution < -0.4 is 10.2 Å². The summed E-state index contributed by atoms with van der Waals surface area (Å²) in [6.07, 6.45) is 2.81. The van der Waals surface area contributed by atoms with E-state index in [0.29, 0.717) is 26.2 Å². The zero-order chi connectivity index (χ0) is 26.5. The molecule has 38 heavy (non-hydrogen) atoms. The lowest BCUT2D eigenvalue weighted by Gasteiger charge is -2.36. The van der Waals surface area contributed by atoms with Gasteiger partial charge in [-0.15, -0.1) is 11.8 Å². The maximum Gasteiger partial charge on any atom is 0.321 e. The predicted molar refractivity (Wildman–Crippen MR) is 157 cm³/mol. The summed E-state index contributed by atoms with van der Waals surface area (Å²) >= 11 is 1.69. The Morgan fingerprint density at radius 1 is 0.895 bits per heavy atom. The molecule has 6 nitrogen and oxygen atoms in total. The molecule has 2 heterocycles. The van der Waals surface area contributed by atoms with Crippen molar-refractivity contribution in [2.75, 3.05) is 42.7 Å². The molecule has 0 aliphatic carbocycles. The molecular weight excluding hydrogens is 490 g/mol. The number of anilines is 2. The van der Waals surface area contributed by atoms with Gasteiger partial charge in [0.25, 0.3) is 0 Å². The Bertz CT molecular complexity index is 1400. The van der Waals surface area contributed by atoms with Crippen molar-refractivity contribution in [3.8, 4) is 11.4 Å². The summed E-state index contributed by atoms with van der Waals surface area (Å²) in [5.74, 6) is 1.71. The highest BCUT2D eigenvalue weighted by atomic mass is 32.2. The molecule has 194 valence electrons. The molecular formula is C31H33N5OS. The molecule has 0 saturated carbocycles. The summed E-state index contributed by atoms with van der Waals surface area (Å²) in [5.41, 5.74) is 6.37. The molecule has 1 aromatic heterocycles. The van der Waals surface area contributed by atoms with Crippen molar-refractivity contribution in [3.05, 3.63) is 101 Å². The van der Waals surface area contributed by atoms with Gasteiger partial charge in [0.1, 0.15) is 5.82 Å². The van der Waals surface area contributed by atoms with E-state index in [9.17, 15) is 4.79 Å². The van der Waals surface area contributed by atoms with Crippen LogP contribution in [0.3, 0.4) is 0 Å². The molecule has 0 bridgehead atoms. The number of nitrogens with zero attached hydrogens (tertiary/aromatic N) is 4. The van der Waals surface area contributed by atoms with Crippen molar-refractivity contribution < 1.29 is 4.79 Å². The van der Waals surface area contributed by atoms with Gasteiger partial charge in [0, 0.05) is 60.0 Å². The number of hydrogen-bond acceptors (Lipinski definition) is 5. The fraction of sp³-hybridized carbons (Fsp3) is 0.258. The molecule has 1 saturated heterocycles. The summed E-state index contributed by atoms with van der Waals surface area (Å²) in [6.45, 7) is 6.84. The van der Waals surface area contributed by atoms with E-state index >= 15 is 0 Å². The zero-order valence-electron chi connectivity index (χ0n) is 22.1. The van der Waals surface area contributed by atoms with Crippen molar-refractivity contribution >= 4 is 29.3 Å². The zero-order valence-corrected chi connectivity index (χ0v) is 23.0. The maximum atomic E-state index is 13.0. The summed E-state index contributed by atoms with van der Waals surface area (Å²) in [6, 6.07) is 26.7. The number of carbonyl (C=O) groups is 1. The number of carbonyl (C=O) groups excluding carboxylic acids is 1. The minimum absolute atomic E-state index is 0.0645. The highest BCUT2D eigenvalue weighted by Crippen LogP contribution is 2.29. The molecule has 1 fully saturated rings. The first-order valence-corrected chi connectivity index (χ1v) is 14.2. The lowest BCUT2D eigenvalue weighted by Crippen LogP contribution is -2.50. The van der Waals surface area contributed by atoms with E-state index in [2.05, 4.69) is 66.5 Å². The van der Waals surface area contributed by atoms with E-state index in [1.54, 1.807) is 11.8 Å². The number of piperazine rings is 1. The van der Waals surface area contributed by atoms with Crippen molar-refractivity contribution in [3.63, 3.8) is 0 Å². The molecule has 2 amide bonds. The molecule has 1 aliphatic heterocycles. The smallest absolute Gasteiger partial charge is 0.321 e. The predicted octanol–water partition coefficient (Wildman–Crippen LogP) is 6.43. The van der Waals surface area contributed by atoms with Crippen LogP contribution in [-0.2, 0) is 6.42 Å². The summed E-state index contributed by atoms with van der Waals surface area (Å²) in [5, 5.41) is 3.04. The second-order valence-electron chi connectivity index (χ2n) is 9.60. The Hall–Kier alpha value is -3.84. The Labute approximate surface area is 229 Å². The van der Waals surface area contributed by atoms with Gasteiger partial charge in [0.2, 0.25) is 0 Å². The van der Waals surface area contributed by atoms with Crippen molar-refractivity contribution in [1.29, 1.82) is 0 Å². The molecule has 3 aromatic carbocycles. The van der Waals surface area contributed by atoms with Gasteiger partial charge in [0.15, 0.2) is 5.82 Å². The minimum atomic E-state index is -0.0645. The molecule has 0 spiro atoms. The third-order valence-electron chi connectivity index (χ3n) is 6.90. The molecule has 0 unspecified atom stereocenters. The molecule has 0 radical (unpaired) electrons. The van der Waals surface area contributed by atoms with Crippen molar-refractivity contribution in [1.82, 2.24) is 14.9 Å². The van der Waals surface area contributed by atoms with E-state index in [1.165, 1.54) is 16.0 Å². The minimum Gasteiger partial charge on any atom is -0.353 e. The van der Waals surface area contributed by atoms with Crippen LogP contribution >= 0.6 is 11.8 Å². The molecule has 0 atom stereocenters. The standard InChI is InChI=1S/C31H33N5OS/c1-22-8-7-11-25(20-22)29-32-23(2)28(21-24-9-5-4-6-10-24)30(34-29)35-16-18-36(19-17-35)31(37)33-26-12-14-27(38-3)15-13-26/h4-15,20H,16-19,21H2,1-3H3,(H,33,37). The second kappa shape index (κ2) is 11.7. The molecule has 1 N–H and O–H groups in total. The van der Waals surface area contributed by atoms with Gasteiger partial charge in [-0.2, -0.15) is 0 Å². The van der Waals surface area contributed by atoms with E-state index in [-0.39, 0.29) is 6.03 Å². The van der Waals surface area contributed by atoms with Crippen LogP contribution in [0.4, 0.5) is 16.3 Å². The van der Waals surface area contributed by atoms with Crippen LogP contribution in [0.15, 0.2) is 83.8 Å². The monoisotopic (exact) mass is 523 g/mol. The largest absolute Gasteiger partial charge is 0.353 e. The van der Waals surface area contributed by atoms with Crippen LogP contribution in [-0.4, -0.2) is 53.3 Å². The summed E-state index contributed by atoms with van der Waals surface area (Å²) in [4.78, 5) is 28.4. The third kappa shape index (κ3) is 6.00. The van der Waals surface area contributed by atoms with Crippen molar-refractivity contribution in [2.24, 2.45) is 0 Å². The summed E-state index contributed by atoms with van der Waals surface area (Å²) in [7, 11) is 0. The third-order valence-corrected chi connectivity index (χ3v) is 7.64. The number of hydrogen-bond donors (Lipinski definition) is 1. The number of amides is 2. The molecule has 5 rings (SSSR count). The van der Waals surface area contributed by atoms with E-state index in [4.69, 9.17) is 9.97 Å². The highest BCUT2D eigenvalue weighted by molar-refractivity contribution is 7.98. The number of rotatable bonds is 6. The maximum absolute atomic E-state index is 13.0. The molecule has 7 heteroatoms. The Morgan fingerprint density at radius 3 is 2.32 bits per heavy atom. The van der Waals surface area contributed by atoms with Crippen molar-refractivity contribution in [2.45, 2.75) is 25.2 Å². The molecule has 1 aliphatic rings. The average Bonchev–Trinajstić information content (AvgIpc) is 2.95. The van der Waals surface area contributed by atoms with Gasteiger partial charge in [-0.1, -0.05) is 54.1 Å². The lowest BCUT2D eigenvalue weighted by atomic mass is 10.0.